The lowest BCUT2D eigenvalue weighted by Crippen LogP contribution is -2.36. The molecule has 3 N–H and O–H groups in total. The van der Waals surface area contributed by atoms with Gasteiger partial charge in [0.1, 0.15) is 0 Å². The van der Waals surface area contributed by atoms with E-state index in [4.69, 9.17) is 5.73 Å². The fourth-order valence-electron chi connectivity index (χ4n) is 2.96. The molecular weight excluding hydrogens is 248 g/mol. The minimum Gasteiger partial charge on any atom is -0.352 e. The Morgan fingerprint density at radius 3 is 2.94 bits per heavy atom. The molecule has 2 aliphatic rings. The Labute approximate surface area is 114 Å². The quantitative estimate of drug-likeness (QED) is 0.870. The third-order valence-electron chi connectivity index (χ3n) is 4.15. The van der Waals surface area contributed by atoms with Gasteiger partial charge < -0.3 is 11.1 Å². The number of carbonyl (C=O) groups is 1. The molecule has 98 valence electrons. The third-order valence-corrected chi connectivity index (χ3v) is 4.15. The van der Waals surface area contributed by atoms with Crippen molar-refractivity contribution >= 4 is 18.3 Å². The van der Waals surface area contributed by atoms with Crippen LogP contribution in [0.5, 0.6) is 0 Å². The maximum atomic E-state index is 11.8. The fraction of sp³-hybridized carbons (Fsp3) is 0.500. The summed E-state index contributed by atoms with van der Waals surface area (Å²) in [4.78, 5) is 11.8. The van der Waals surface area contributed by atoms with Gasteiger partial charge in [-0.25, -0.2) is 0 Å². The Morgan fingerprint density at radius 2 is 2.22 bits per heavy atom. The zero-order valence-corrected chi connectivity index (χ0v) is 11.2. The second kappa shape index (κ2) is 4.90. The number of rotatable bonds is 3. The largest absolute Gasteiger partial charge is 0.352 e. The molecule has 0 spiro atoms. The first kappa shape index (κ1) is 13.4. The molecule has 4 heteroatoms. The molecule has 0 bridgehead atoms. The molecule has 1 saturated carbocycles. The lowest BCUT2D eigenvalue weighted by molar-refractivity contribution is -0.124. The van der Waals surface area contributed by atoms with Crippen molar-refractivity contribution in [2.75, 3.05) is 6.54 Å². The van der Waals surface area contributed by atoms with Gasteiger partial charge in [0.15, 0.2) is 0 Å². The van der Waals surface area contributed by atoms with Crippen LogP contribution < -0.4 is 11.1 Å². The van der Waals surface area contributed by atoms with Gasteiger partial charge in [0.25, 0.3) is 0 Å². The van der Waals surface area contributed by atoms with Gasteiger partial charge in [-0.15, -0.1) is 12.4 Å². The molecule has 0 aromatic heterocycles. The highest BCUT2D eigenvalue weighted by Crippen LogP contribution is 2.56. The van der Waals surface area contributed by atoms with Crippen LogP contribution in [0.1, 0.15) is 24.0 Å². The zero-order valence-electron chi connectivity index (χ0n) is 10.4. The molecule has 0 radical (unpaired) electrons. The van der Waals surface area contributed by atoms with Crippen LogP contribution in [0.2, 0.25) is 0 Å². The second-order valence-electron chi connectivity index (χ2n) is 5.26. The first-order valence-electron chi connectivity index (χ1n) is 6.30. The minimum absolute atomic E-state index is 0. The maximum absolute atomic E-state index is 11.8. The molecule has 0 saturated heterocycles. The van der Waals surface area contributed by atoms with E-state index in [1.807, 2.05) is 6.92 Å². The number of hydrogen-bond acceptors (Lipinski definition) is 2. The number of fused-ring (bicyclic) bond motifs is 3. The topological polar surface area (TPSA) is 55.1 Å². The summed E-state index contributed by atoms with van der Waals surface area (Å²) in [6.07, 6.45) is 1.11. The Morgan fingerprint density at radius 1 is 1.50 bits per heavy atom. The lowest BCUT2D eigenvalue weighted by atomic mass is 10.0. The highest BCUT2D eigenvalue weighted by molar-refractivity contribution is 5.85. The van der Waals surface area contributed by atoms with E-state index in [1.54, 1.807) is 0 Å². The second-order valence-corrected chi connectivity index (χ2v) is 5.26. The normalized spacial score (nSPS) is 28.7. The van der Waals surface area contributed by atoms with Gasteiger partial charge in [-0.3, -0.25) is 4.79 Å². The summed E-state index contributed by atoms with van der Waals surface area (Å²) < 4.78 is 0. The average Bonchev–Trinajstić information content (AvgIpc) is 2.87. The molecule has 3 rings (SSSR count). The van der Waals surface area contributed by atoms with Crippen LogP contribution in [0.3, 0.4) is 0 Å². The molecule has 4 atom stereocenters. The van der Waals surface area contributed by atoms with E-state index < -0.39 is 0 Å². The van der Waals surface area contributed by atoms with Gasteiger partial charge >= 0.3 is 0 Å². The Kier molecular flexibility index (Phi) is 3.64. The van der Waals surface area contributed by atoms with E-state index in [9.17, 15) is 4.79 Å². The van der Waals surface area contributed by atoms with E-state index >= 15 is 0 Å². The molecule has 2 aliphatic carbocycles. The SMILES string of the molecule is CC(CN)C(=O)NC1C2Cc3ccccc3C21.Cl. The van der Waals surface area contributed by atoms with E-state index in [1.165, 1.54) is 11.1 Å². The number of carbonyl (C=O) groups excluding carboxylic acids is 1. The monoisotopic (exact) mass is 266 g/mol. The van der Waals surface area contributed by atoms with Crippen LogP contribution in [-0.2, 0) is 11.2 Å². The molecule has 1 aromatic carbocycles. The van der Waals surface area contributed by atoms with Gasteiger partial charge in [0, 0.05) is 24.4 Å². The van der Waals surface area contributed by atoms with Crippen LogP contribution in [0, 0.1) is 11.8 Å². The highest BCUT2D eigenvalue weighted by Gasteiger charge is 2.56. The molecule has 18 heavy (non-hydrogen) atoms. The van der Waals surface area contributed by atoms with Crippen LogP contribution in [0.15, 0.2) is 24.3 Å². The van der Waals surface area contributed by atoms with Gasteiger partial charge in [-0.05, 0) is 23.5 Å². The van der Waals surface area contributed by atoms with Crippen molar-refractivity contribution in [3.63, 3.8) is 0 Å². The number of nitrogens with two attached hydrogens (primary N) is 1. The van der Waals surface area contributed by atoms with E-state index in [0.29, 0.717) is 24.4 Å². The van der Waals surface area contributed by atoms with Crippen LogP contribution in [-0.4, -0.2) is 18.5 Å². The number of halogens is 1. The smallest absolute Gasteiger partial charge is 0.224 e. The third kappa shape index (κ3) is 2.02. The Balaban J connectivity index is 0.00000120. The van der Waals surface area contributed by atoms with Gasteiger partial charge in [-0.1, -0.05) is 31.2 Å². The zero-order chi connectivity index (χ0) is 12.0. The van der Waals surface area contributed by atoms with E-state index in [0.717, 1.165) is 6.42 Å². The summed E-state index contributed by atoms with van der Waals surface area (Å²) in [5.74, 6) is 1.21. The van der Waals surface area contributed by atoms with Crippen molar-refractivity contribution in [1.82, 2.24) is 5.32 Å². The molecule has 0 heterocycles. The fourth-order valence-corrected chi connectivity index (χ4v) is 2.96. The van der Waals surface area contributed by atoms with E-state index in [2.05, 4.69) is 29.6 Å². The van der Waals surface area contributed by atoms with Gasteiger partial charge in [0.05, 0.1) is 0 Å². The maximum Gasteiger partial charge on any atom is 0.224 e. The lowest BCUT2D eigenvalue weighted by Gasteiger charge is -2.12. The summed E-state index contributed by atoms with van der Waals surface area (Å²) in [5.41, 5.74) is 8.39. The summed E-state index contributed by atoms with van der Waals surface area (Å²) in [6, 6.07) is 8.92. The molecule has 1 fully saturated rings. The number of nitrogens with one attached hydrogen (secondary N) is 1. The summed E-state index contributed by atoms with van der Waals surface area (Å²) >= 11 is 0. The molecule has 4 unspecified atom stereocenters. The van der Waals surface area contributed by atoms with Crippen LogP contribution >= 0.6 is 12.4 Å². The van der Waals surface area contributed by atoms with Crippen LogP contribution in [0.4, 0.5) is 0 Å². The Hall–Kier alpha value is -1.06. The summed E-state index contributed by atoms with van der Waals surface area (Å²) in [6.45, 7) is 2.30. The Bertz CT molecular complexity index is 463. The van der Waals surface area contributed by atoms with E-state index in [-0.39, 0.29) is 24.2 Å². The van der Waals surface area contributed by atoms with Crippen LogP contribution in [0.25, 0.3) is 0 Å². The van der Waals surface area contributed by atoms with Gasteiger partial charge in [0.2, 0.25) is 5.91 Å². The van der Waals surface area contributed by atoms with Crippen molar-refractivity contribution in [1.29, 1.82) is 0 Å². The average molecular weight is 267 g/mol. The van der Waals surface area contributed by atoms with Crippen molar-refractivity contribution in [3.8, 4) is 0 Å². The summed E-state index contributed by atoms with van der Waals surface area (Å²) in [7, 11) is 0. The standard InChI is InChI=1S/C14H18N2O.ClH/c1-8(7-15)14(17)16-13-11-6-9-4-2-3-5-10(9)12(11)13;/h2-5,8,11-13H,6-7,15H2,1H3,(H,16,17);1H. The predicted molar refractivity (Wildman–Crippen MR) is 73.8 cm³/mol. The minimum atomic E-state index is -0.0772. The molecule has 1 aromatic rings. The van der Waals surface area contributed by atoms with Gasteiger partial charge in [-0.2, -0.15) is 0 Å². The number of hydrogen-bond donors (Lipinski definition) is 2. The van der Waals surface area contributed by atoms with Crippen molar-refractivity contribution in [2.45, 2.75) is 25.3 Å². The highest BCUT2D eigenvalue weighted by atomic mass is 35.5. The predicted octanol–water partition coefficient (Wildman–Crippen LogP) is 1.46. The number of benzene rings is 1. The molecule has 0 aliphatic heterocycles. The first-order valence-corrected chi connectivity index (χ1v) is 6.30. The summed E-state index contributed by atoms with van der Waals surface area (Å²) in [5, 5.41) is 3.13. The van der Waals surface area contributed by atoms with Crippen molar-refractivity contribution < 1.29 is 4.79 Å². The first-order chi connectivity index (χ1) is 8.22. The van der Waals surface area contributed by atoms with Crippen molar-refractivity contribution in [2.24, 2.45) is 17.6 Å². The van der Waals surface area contributed by atoms with Crippen molar-refractivity contribution in [3.05, 3.63) is 35.4 Å². The molecule has 3 nitrogen and oxygen atoms in total. The molecule has 1 amide bonds. The number of amides is 1. The molecular formula is C14H19ClN2O.